The van der Waals surface area contributed by atoms with Crippen molar-refractivity contribution in [2.24, 2.45) is 0 Å². The molecule has 1 aliphatic rings. The van der Waals surface area contributed by atoms with E-state index in [-0.39, 0.29) is 5.41 Å². The highest BCUT2D eigenvalue weighted by atomic mass is 15.0. The quantitative estimate of drug-likeness (QED) is 0.307. The van der Waals surface area contributed by atoms with E-state index in [0.29, 0.717) is 5.56 Å². The average molecular weight is 384 g/mol. The van der Waals surface area contributed by atoms with Crippen LogP contribution < -0.4 is 0 Å². The molecule has 6 rings (SSSR count). The Kier molecular flexibility index (Phi) is 3.32. The summed E-state index contributed by atoms with van der Waals surface area (Å²) in [6.07, 6.45) is 0. The summed E-state index contributed by atoms with van der Waals surface area (Å²) >= 11 is 0. The molecular formula is C28H20N2. The van der Waals surface area contributed by atoms with Crippen LogP contribution in [0.1, 0.15) is 30.5 Å². The van der Waals surface area contributed by atoms with E-state index in [2.05, 4.69) is 85.1 Å². The van der Waals surface area contributed by atoms with Gasteiger partial charge in [0.15, 0.2) is 0 Å². The van der Waals surface area contributed by atoms with E-state index < -0.39 is 0 Å². The Labute approximate surface area is 175 Å². The SMILES string of the molecule is CC1(C)c2ccccc2-c2c1ccc1c2c2ccccc2n1-c1ccccc1C#N. The highest BCUT2D eigenvalue weighted by molar-refractivity contribution is 6.17. The van der Waals surface area contributed by atoms with Crippen molar-refractivity contribution in [1.29, 1.82) is 5.26 Å². The zero-order valence-electron chi connectivity index (χ0n) is 17.0. The van der Waals surface area contributed by atoms with Crippen molar-refractivity contribution < 1.29 is 0 Å². The van der Waals surface area contributed by atoms with Gasteiger partial charge < -0.3 is 4.57 Å². The predicted molar refractivity (Wildman–Crippen MR) is 123 cm³/mol. The molecule has 0 saturated carbocycles. The Bertz CT molecular complexity index is 1530. The van der Waals surface area contributed by atoms with Gasteiger partial charge in [0.25, 0.3) is 0 Å². The van der Waals surface area contributed by atoms with Crippen LogP contribution in [0.5, 0.6) is 0 Å². The third-order valence-corrected chi connectivity index (χ3v) is 6.65. The van der Waals surface area contributed by atoms with Crippen LogP contribution in [0.3, 0.4) is 0 Å². The number of aromatic nitrogens is 1. The van der Waals surface area contributed by atoms with Crippen molar-refractivity contribution in [1.82, 2.24) is 4.57 Å². The Balaban J connectivity index is 1.85. The van der Waals surface area contributed by atoms with Crippen molar-refractivity contribution in [3.63, 3.8) is 0 Å². The molecule has 1 aliphatic carbocycles. The van der Waals surface area contributed by atoms with Crippen molar-refractivity contribution in [2.45, 2.75) is 19.3 Å². The first kappa shape index (κ1) is 17.1. The van der Waals surface area contributed by atoms with Crippen molar-refractivity contribution in [3.05, 3.63) is 102 Å². The van der Waals surface area contributed by atoms with Gasteiger partial charge in [-0.3, -0.25) is 0 Å². The van der Waals surface area contributed by atoms with Gasteiger partial charge in [0.1, 0.15) is 6.07 Å². The number of para-hydroxylation sites is 2. The lowest BCUT2D eigenvalue weighted by Gasteiger charge is -2.21. The molecule has 4 aromatic carbocycles. The minimum atomic E-state index is -0.0338. The van der Waals surface area contributed by atoms with Crippen LogP contribution >= 0.6 is 0 Å². The first-order valence-corrected chi connectivity index (χ1v) is 10.3. The standard InChI is InChI=1S/C28H20N2/c1-28(2)21-12-6-4-10-19(21)26-22(28)15-16-25-27(26)20-11-5-8-14-24(20)30(25)23-13-7-3-9-18(23)17-29/h3-16H,1-2H3. The summed E-state index contributed by atoms with van der Waals surface area (Å²) in [7, 11) is 0. The number of rotatable bonds is 1. The number of nitrogens with zero attached hydrogens (tertiary/aromatic N) is 2. The zero-order chi connectivity index (χ0) is 20.5. The predicted octanol–water partition coefficient (Wildman–Crippen LogP) is 6.96. The Morgan fingerprint density at radius 2 is 1.47 bits per heavy atom. The summed E-state index contributed by atoms with van der Waals surface area (Å²) in [4.78, 5) is 0. The van der Waals surface area contributed by atoms with Gasteiger partial charge in [-0.2, -0.15) is 5.26 Å². The molecule has 2 nitrogen and oxygen atoms in total. The van der Waals surface area contributed by atoms with E-state index in [0.717, 1.165) is 16.7 Å². The van der Waals surface area contributed by atoms with Gasteiger partial charge in [-0.05, 0) is 46.5 Å². The van der Waals surface area contributed by atoms with E-state index in [1.807, 2.05) is 24.3 Å². The fraction of sp³-hybridized carbons (Fsp3) is 0.107. The van der Waals surface area contributed by atoms with Gasteiger partial charge in [0.2, 0.25) is 0 Å². The second kappa shape index (κ2) is 5.84. The lowest BCUT2D eigenvalue weighted by molar-refractivity contribution is 0.661. The minimum Gasteiger partial charge on any atom is -0.308 e. The molecule has 5 aromatic rings. The van der Waals surface area contributed by atoms with Crippen LogP contribution in [-0.4, -0.2) is 4.57 Å². The molecule has 1 heterocycles. The van der Waals surface area contributed by atoms with Gasteiger partial charge in [0.05, 0.1) is 22.3 Å². The van der Waals surface area contributed by atoms with E-state index in [1.165, 1.54) is 33.0 Å². The molecule has 1 aromatic heterocycles. The van der Waals surface area contributed by atoms with Crippen LogP contribution in [0.15, 0.2) is 84.9 Å². The van der Waals surface area contributed by atoms with Crippen LogP contribution in [0.4, 0.5) is 0 Å². The minimum absolute atomic E-state index is 0.0338. The zero-order valence-corrected chi connectivity index (χ0v) is 17.0. The maximum absolute atomic E-state index is 9.75. The summed E-state index contributed by atoms with van der Waals surface area (Å²) in [6.45, 7) is 4.63. The van der Waals surface area contributed by atoms with E-state index in [9.17, 15) is 5.26 Å². The second-order valence-corrected chi connectivity index (χ2v) is 8.53. The van der Waals surface area contributed by atoms with Gasteiger partial charge in [-0.15, -0.1) is 0 Å². The monoisotopic (exact) mass is 384 g/mol. The van der Waals surface area contributed by atoms with Crippen LogP contribution in [0.25, 0.3) is 38.6 Å². The van der Waals surface area contributed by atoms with Crippen molar-refractivity contribution in [2.75, 3.05) is 0 Å². The molecule has 0 N–H and O–H groups in total. The molecule has 142 valence electrons. The Hall–Kier alpha value is -3.83. The van der Waals surface area contributed by atoms with Crippen LogP contribution in [-0.2, 0) is 5.41 Å². The highest BCUT2D eigenvalue weighted by Gasteiger charge is 2.37. The normalized spacial score (nSPS) is 13.9. The molecule has 0 spiro atoms. The fourth-order valence-corrected chi connectivity index (χ4v) is 5.27. The topological polar surface area (TPSA) is 28.7 Å². The lowest BCUT2D eigenvalue weighted by atomic mass is 9.82. The number of nitriles is 1. The second-order valence-electron chi connectivity index (χ2n) is 8.53. The van der Waals surface area contributed by atoms with Gasteiger partial charge >= 0.3 is 0 Å². The molecular weight excluding hydrogens is 364 g/mol. The Morgan fingerprint density at radius 3 is 2.33 bits per heavy atom. The van der Waals surface area contributed by atoms with Gasteiger partial charge in [-0.1, -0.05) is 74.5 Å². The van der Waals surface area contributed by atoms with E-state index in [4.69, 9.17) is 0 Å². The molecule has 0 fully saturated rings. The molecule has 0 saturated heterocycles. The maximum atomic E-state index is 9.75. The van der Waals surface area contributed by atoms with Gasteiger partial charge in [0, 0.05) is 16.2 Å². The van der Waals surface area contributed by atoms with Gasteiger partial charge in [-0.25, -0.2) is 0 Å². The van der Waals surface area contributed by atoms with E-state index >= 15 is 0 Å². The first-order chi connectivity index (χ1) is 14.6. The number of fused-ring (bicyclic) bond motifs is 7. The molecule has 0 bridgehead atoms. The van der Waals surface area contributed by atoms with Crippen LogP contribution in [0, 0.1) is 11.3 Å². The molecule has 0 atom stereocenters. The third kappa shape index (κ3) is 2.02. The first-order valence-electron chi connectivity index (χ1n) is 10.3. The molecule has 0 amide bonds. The fourth-order valence-electron chi connectivity index (χ4n) is 5.27. The number of benzene rings is 4. The summed E-state index contributed by atoms with van der Waals surface area (Å²) in [6, 6.07) is 32.0. The number of hydrogen-bond acceptors (Lipinski definition) is 1. The summed E-state index contributed by atoms with van der Waals surface area (Å²) in [5, 5.41) is 12.3. The maximum Gasteiger partial charge on any atom is 0.101 e. The van der Waals surface area contributed by atoms with Crippen molar-refractivity contribution in [3.8, 4) is 22.9 Å². The molecule has 0 aliphatic heterocycles. The average Bonchev–Trinajstić information content (AvgIpc) is 3.23. The van der Waals surface area contributed by atoms with E-state index in [1.54, 1.807) is 0 Å². The summed E-state index contributed by atoms with van der Waals surface area (Å²) in [5.74, 6) is 0. The summed E-state index contributed by atoms with van der Waals surface area (Å²) in [5.41, 5.74) is 9.24. The van der Waals surface area contributed by atoms with Crippen LogP contribution in [0.2, 0.25) is 0 Å². The smallest absolute Gasteiger partial charge is 0.101 e. The molecule has 30 heavy (non-hydrogen) atoms. The largest absolute Gasteiger partial charge is 0.308 e. The Morgan fingerprint density at radius 1 is 0.733 bits per heavy atom. The third-order valence-electron chi connectivity index (χ3n) is 6.65. The number of hydrogen-bond donors (Lipinski definition) is 0. The molecule has 2 heteroatoms. The molecule has 0 radical (unpaired) electrons. The summed E-state index contributed by atoms with van der Waals surface area (Å²) < 4.78 is 2.25. The highest BCUT2D eigenvalue weighted by Crippen LogP contribution is 2.53. The molecule has 0 unspecified atom stereocenters. The van der Waals surface area contributed by atoms with Crippen molar-refractivity contribution >= 4 is 21.8 Å². The lowest BCUT2D eigenvalue weighted by Crippen LogP contribution is -2.14.